The van der Waals surface area contributed by atoms with Crippen LogP contribution in [0.2, 0.25) is 0 Å². The molecule has 1 aromatic rings. The number of fused-ring (bicyclic) bond motifs is 1. The van der Waals surface area contributed by atoms with E-state index < -0.39 is 23.3 Å². The second-order valence-electron chi connectivity index (χ2n) is 8.82. The molecule has 0 unspecified atom stereocenters. The van der Waals surface area contributed by atoms with E-state index >= 15 is 0 Å². The summed E-state index contributed by atoms with van der Waals surface area (Å²) in [6, 6.07) is 4.84. The fraction of sp³-hybridized carbons (Fsp3) is 0.667. The van der Waals surface area contributed by atoms with E-state index in [1.807, 2.05) is 13.8 Å². The van der Waals surface area contributed by atoms with Gasteiger partial charge in [-0.25, -0.2) is 0 Å². The number of alkyl halides is 3. The zero-order valence-electron chi connectivity index (χ0n) is 16.5. The van der Waals surface area contributed by atoms with Crippen molar-refractivity contribution in [1.82, 2.24) is 10.6 Å². The Hall–Kier alpha value is -1.60. The van der Waals surface area contributed by atoms with E-state index in [1.54, 1.807) is 6.07 Å². The summed E-state index contributed by atoms with van der Waals surface area (Å²) in [6.45, 7) is 5.68. The molecule has 4 nitrogen and oxygen atoms in total. The second-order valence-corrected chi connectivity index (χ2v) is 8.82. The van der Waals surface area contributed by atoms with Crippen molar-refractivity contribution >= 4 is 5.91 Å². The summed E-state index contributed by atoms with van der Waals surface area (Å²) in [6.07, 6.45) is -1.69. The average molecular weight is 397 g/mol. The fourth-order valence-corrected chi connectivity index (χ4v) is 4.91. The van der Waals surface area contributed by atoms with E-state index in [4.69, 9.17) is 5.73 Å². The van der Waals surface area contributed by atoms with Gasteiger partial charge in [0.05, 0.1) is 11.6 Å². The lowest BCUT2D eigenvalue weighted by atomic mass is 9.79. The molecule has 1 aliphatic carbocycles. The maximum atomic E-state index is 13.1. The van der Waals surface area contributed by atoms with Gasteiger partial charge in [0.2, 0.25) is 5.91 Å². The van der Waals surface area contributed by atoms with Gasteiger partial charge in [0.25, 0.3) is 0 Å². The number of carbonyl (C=O) groups is 1. The van der Waals surface area contributed by atoms with Crippen molar-refractivity contribution in [3.8, 4) is 0 Å². The third-order valence-electron chi connectivity index (χ3n) is 6.22. The van der Waals surface area contributed by atoms with Gasteiger partial charge in [0.15, 0.2) is 0 Å². The molecule has 28 heavy (non-hydrogen) atoms. The molecule has 0 spiro atoms. The van der Waals surface area contributed by atoms with Crippen LogP contribution in [0.15, 0.2) is 24.3 Å². The molecule has 2 aliphatic rings. The SMILES string of the molecule is CC(C)C[C@H](N)C(=O)N[C@]1(Cc2cccc(C(F)(F)F)c2)CC[C@@H]2CNC[C@@H]21. The number of carbonyl (C=O) groups excluding carboxylic acids is 1. The minimum atomic E-state index is -4.38. The van der Waals surface area contributed by atoms with Crippen LogP contribution in [0.5, 0.6) is 0 Å². The van der Waals surface area contributed by atoms with E-state index in [-0.39, 0.29) is 11.8 Å². The smallest absolute Gasteiger partial charge is 0.349 e. The Kier molecular flexibility index (Phi) is 6.05. The number of nitrogens with two attached hydrogens (primary N) is 1. The Morgan fingerprint density at radius 3 is 2.79 bits per heavy atom. The predicted octanol–water partition coefficient (Wildman–Crippen LogP) is 3.11. The molecule has 4 atom stereocenters. The highest BCUT2D eigenvalue weighted by molar-refractivity contribution is 5.82. The van der Waals surface area contributed by atoms with Crippen LogP contribution in [-0.4, -0.2) is 30.6 Å². The first-order chi connectivity index (χ1) is 13.1. The van der Waals surface area contributed by atoms with Crippen LogP contribution in [0, 0.1) is 17.8 Å². The average Bonchev–Trinajstić information content (AvgIpc) is 3.18. The lowest BCUT2D eigenvalue weighted by Crippen LogP contribution is -2.58. The number of amides is 1. The van der Waals surface area contributed by atoms with Gasteiger partial charge in [-0.1, -0.05) is 32.0 Å². The van der Waals surface area contributed by atoms with Crippen molar-refractivity contribution in [1.29, 1.82) is 0 Å². The maximum absolute atomic E-state index is 13.1. The largest absolute Gasteiger partial charge is 0.416 e. The predicted molar refractivity (Wildman–Crippen MR) is 103 cm³/mol. The van der Waals surface area contributed by atoms with Gasteiger partial charge < -0.3 is 16.4 Å². The first kappa shape index (κ1) is 21.1. The highest BCUT2D eigenvalue weighted by Crippen LogP contribution is 2.44. The molecule has 1 aromatic carbocycles. The molecule has 0 aromatic heterocycles. The van der Waals surface area contributed by atoms with Crippen molar-refractivity contribution in [2.45, 2.75) is 57.3 Å². The molecule has 1 saturated carbocycles. The number of benzene rings is 1. The summed E-state index contributed by atoms with van der Waals surface area (Å²) >= 11 is 0. The molecule has 1 aliphatic heterocycles. The summed E-state index contributed by atoms with van der Waals surface area (Å²) in [5.74, 6) is 0.738. The lowest BCUT2D eigenvalue weighted by Gasteiger charge is -2.37. The summed E-state index contributed by atoms with van der Waals surface area (Å²) in [4.78, 5) is 12.8. The van der Waals surface area contributed by atoms with Crippen molar-refractivity contribution in [3.63, 3.8) is 0 Å². The summed E-state index contributed by atoms with van der Waals surface area (Å²) in [5.41, 5.74) is 5.49. The number of rotatable bonds is 6. The standard InChI is InChI=1S/C21H30F3N3O/c1-13(2)8-18(25)19(28)27-20(7-6-15-11-26-12-17(15)20)10-14-4-3-5-16(9-14)21(22,23)24/h3-5,9,13,15,17-18,26H,6-8,10-12,25H2,1-2H3,(H,27,28)/t15-,17+,18+,20+/m1/s1. The van der Waals surface area contributed by atoms with Crippen LogP contribution in [-0.2, 0) is 17.4 Å². The number of hydrogen-bond acceptors (Lipinski definition) is 3. The van der Waals surface area contributed by atoms with E-state index in [0.717, 1.165) is 32.0 Å². The third kappa shape index (κ3) is 4.51. The van der Waals surface area contributed by atoms with Crippen molar-refractivity contribution in [2.75, 3.05) is 13.1 Å². The van der Waals surface area contributed by atoms with Crippen molar-refractivity contribution < 1.29 is 18.0 Å². The highest BCUT2D eigenvalue weighted by atomic mass is 19.4. The number of hydrogen-bond donors (Lipinski definition) is 3. The molecule has 3 rings (SSSR count). The van der Waals surface area contributed by atoms with Crippen LogP contribution in [0.3, 0.4) is 0 Å². The van der Waals surface area contributed by atoms with Gasteiger partial charge in [0, 0.05) is 12.1 Å². The molecular formula is C21H30F3N3O. The van der Waals surface area contributed by atoms with Crippen molar-refractivity contribution in [2.24, 2.45) is 23.5 Å². The van der Waals surface area contributed by atoms with E-state index in [0.29, 0.717) is 30.2 Å². The van der Waals surface area contributed by atoms with Gasteiger partial charge in [0.1, 0.15) is 0 Å². The van der Waals surface area contributed by atoms with Gasteiger partial charge >= 0.3 is 6.18 Å². The monoisotopic (exact) mass is 397 g/mol. The van der Waals surface area contributed by atoms with E-state index in [1.165, 1.54) is 12.1 Å². The van der Waals surface area contributed by atoms with E-state index in [2.05, 4.69) is 10.6 Å². The maximum Gasteiger partial charge on any atom is 0.416 e. The molecule has 0 radical (unpaired) electrons. The minimum absolute atomic E-state index is 0.201. The first-order valence-corrected chi connectivity index (χ1v) is 10.1. The fourth-order valence-electron chi connectivity index (χ4n) is 4.91. The Balaban J connectivity index is 1.85. The Labute approximate surface area is 164 Å². The highest BCUT2D eigenvalue weighted by Gasteiger charge is 2.51. The zero-order valence-corrected chi connectivity index (χ0v) is 16.5. The van der Waals surface area contributed by atoms with Crippen molar-refractivity contribution in [3.05, 3.63) is 35.4 Å². The summed E-state index contributed by atoms with van der Waals surface area (Å²) < 4.78 is 39.4. The van der Waals surface area contributed by atoms with Gasteiger partial charge in [-0.3, -0.25) is 4.79 Å². The third-order valence-corrected chi connectivity index (χ3v) is 6.22. The molecule has 1 heterocycles. The summed E-state index contributed by atoms with van der Waals surface area (Å²) in [7, 11) is 0. The Morgan fingerprint density at radius 2 is 2.11 bits per heavy atom. The molecule has 7 heteroatoms. The zero-order chi connectivity index (χ0) is 20.5. The van der Waals surface area contributed by atoms with Crippen LogP contribution in [0.1, 0.15) is 44.2 Å². The molecule has 4 N–H and O–H groups in total. The molecule has 1 saturated heterocycles. The molecular weight excluding hydrogens is 367 g/mol. The Bertz CT molecular complexity index is 706. The summed E-state index contributed by atoms with van der Waals surface area (Å²) in [5, 5.41) is 6.56. The first-order valence-electron chi connectivity index (χ1n) is 10.1. The normalized spacial score (nSPS) is 28.4. The Morgan fingerprint density at radius 1 is 1.36 bits per heavy atom. The molecule has 156 valence electrons. The lowest BCUT2D eigenvalue weighted by molar-refractivity contribution is -0.137. The molecule has 2 fully saturated rings. The van der Waals surface area contributed by atoms with Crippen LogP contribution < -0.4 is 16.4 Å². The van der Waals surface area contributed by atoms with Crippen LogP contribution >= 0.6 is 0 Å². The quantitative estimate of drug-likeness (QED) is 0.691. The van der Waals surface area contributed by atoms with Gasteiger partial charge in [-0.15, -0.1) is 0 Å². The number of nitrogens with one attached hydrogen (secondary N) is 2. The van der Waals surface area contributed by atoms with Gasteiger partial charge in [-0.2, -0.15) is 13.2 Å². The van der Waals surface area contributed by atoms with Crippen LogP contribution in [0.4, 0.5) is 13.2 Å². The topological polar surface area (TPSA) is 67.2 Å². The van der Waals surface area contributed by atoms with E-state index in [9.17, 15) is 18.0 Å². The van der Waals surface area contributed by atoms with Crippen LogP contribution in [0.25, 0.3) is 0 Å². The molecule has 0 bridgehead atoms. The second kappa shape index (κ2) is 8.03. The number of halogens is 3. The molecule has 1 amide bonds. The van der Waals surface area contributed by atoms with Gasteiger partial charge in [-0.05, 0) is 61.6 Å². The minimum Gasteiger partial charge on any atom is -0.349 e.